The molecule has 2 fully saturated rings. The maximum atomic E-state index is 13.9. The second-order valence-electron chi connectivity index (χ2n) is 14.4. The molecule has 0 unspecified atom stereocenters. The van der Waals surface area contributed by atoms with Crippen LogP contribution in [0.25, 0.3) is 0 Å². The van der Waals surface area contributed by atoms with Gasteiger partial charge in [0.05, 0.1) is 31.8 Å². The summed E-state index contributed by atoms with van der Waals surface area (Å²) in [7, 11) is 0. The van der Waals surface area contributed by atoms with Gasteiger partial charge in [0.2, 0.25) is 5.91 Å². The molecule has 10 nitrogen and oxygen atoms in total. The maximum Gasteiger partial charge on any atom is 0.274 e. The third-order valence-electron chi connectivity index (χ3n) is 9.14. The first-order chi connectivity index (χ1) is 21.8. The van der Waals surface area contributed by atoms with E-state index < -0.39 is 23.9 Å². The molecule has 1 aromatic heterocycles. The molecule has 4 atom stereocenters. The van der Waals surface area contributed by atoms with Gasteiger partial charge in [-0.15, -0.1) is 0 Å². The van der Waals surface area contributed by atoms with Crippen molar-refractivity contribution < 1.29 is 28.4 Å². The summed E-state index contributed by atoms with van der Waals surface area (Å²) in [5.74, 6) is -0.781. The minimum atomic E-state index is -0.809. The van der Waals surface area contributed by atoms with E-state index in [1.807, 2.05) is 65.0 Å². The zero-order valence-electron chi connectivity index (χ0n) is 28.3. The second kappa shape index (κ2) is 16.0. The molecule has 252 valence electrons. The third-order valence-corrected chi connectivity index (χ3v) is 9.14. The van der Waals surface area contributed by atoms with Crippen molar-refractivity contribution >= 4 is 23.4 Å². The van der Waals surface area contributed by atoms with Crippen LogP contribution in [0, 0.1) is 23.2 Å². The molecule has 46 heavy (non-hydrogen) atoms. The van der Waals surface area contributed by atoms with E-state index in [1.165, 1.54) is 0 Å². The van der Waals surface area contributed by atoms with E-state index in [1.54, 1.807) is 6.07 Å². The van der Waals surface area contributed by atoms with Gasteiger partial charge in [0.1, 0.15) is 0 Å². The first-order valence-electron chi connectivity index (χ1n) is 16.8. The van der Waals surface area contributed by atoms with Crippen molar-refractivity contribution in [1.82, 2.24) is 20.7 Å². The molecule has 1 saturated heterocycles. The van der Waals surface area contributed by atoms with Crippen molar-refractivity contribution in [3.8, 4) is 0 Å². The fourth-order valence-electron chi connectivity index (χ4n) is 6.05. The largest absolute Gasteiger partial charge is 0.379 e. The SMILES string of the molecule is CC(C)C[C@H](NC(=O)c1cc(CN2CCOC[C@@H]2C)on1)C(=O)C[C@@H](Cc1ccccc1)C(=O)N[C@@H](CC(C)C)C(=O)C1(C)CC1. The first-order valence-corrected chi connectivity index (χ1v) is 16.8. The van der Waals surface area contributed by atoms with Crippen molar-refractivity contribution in [1.29, 1.82) is 0 Å². The Hall–Kier alpha value is -3.37. The summed E-state index contributed by atoms with van der Waals surface area (Å²) in [5, 5.41) is 9.91. The Bertz CT molecular complexity index is 1330. The van der Waals surface area contributed by atoms with Gasteiger partial charge in [-0.1, -0.05) is 70.1 Å². The number of nitrogens with zero attached hydrogens (tertiary/aromatic N) is 2. The fourth-order valence-corrected chi connectivity index (χ4v) is 6.05. The molecule has 2 amide bonds. The monoisotopic (exact) mass is 636 g/mol. The predicted octanol–water partition coefficient (Wildman–Crippen LogP) is 4.76. The highest BCUT2D eigenvalue weighted by Crippen LogP contribution is 2.47. The Morgan fingerprint density at radius 2 is 1.67 bits per heavy atom. The molecule has 1 aromatic carbocycles. The van der Waals surface area contributed by atoms with Crippen molar-refractivity contribution in [3.63, 3.8) is 0 Å². The summed E-state index contributed by atoms with van der Waals surface area (Å²) in [6, 6.07) is 10.0. The first kappa shape index (κ1) is 35.5. The summed E-state index contributed by atoms with van der Waals surface area (Å²) in [4.78, 5) is 56.6. The molecule has 2 N–H and O–H groups in total. The van der Waals surface area contributed by atoms with E-state index in [0.717, 1.165) is 24.9 Å². The molecule has 2 heterocycles. The van der Waals surface area contributed by atoms with E-state index in [9.17, 15) is 19.2 Å². The minimum Gasteiger partial charge on any atom is -0.379 e. The number of ether oxygens (including phenoxy) is 1. The van der Waals surface area contributed by atoms with E-state index in [-0.39, 0.29) is 52.9 Å². The molecule has 4 rings (SSSR count). The van der Waals surface area contributed by atoms with Crippen molar-refractivity contribution in [2.24, 2.45) is 23.2 Å². The molecule has 1 saturated carbocycles. The number of hydrogen-bond donors (Lipinski definition) is 2. The molecule has 0 radical (unpaired) electrons. The average molecular weight is 637 g/mol. The standard InChI is InChI=1S/C36H52N4O6/c1-23(2)16-29(37-35(44)31-20-28(46-39-31)21-40-14-15-45-22-25(40)5)32(41)19-27(18-26-10-8-7-9-11-26)34(43)38-30(17-24(3)4)33(42)36(6)12-13-36/h7-11,20,23-25,27,29-30H,12-19,21-22H2,1-6H3,(H,37,44)(H,38,43)/t25-,27+,29-,30-/m0/s1. The highest BCUT2D eigenvalue weighted by Gasteiger charge is 2.48. The van der Waals surface area contributed by atoms with Gasteiger partial charge < -0.3 is 19.9 Å². The van der Waals surface area contributed by atoms with Crippen molar-refractivity contribution in [3.05, 3.63) is 53.4 Å². The van der Waals surface area contributed by atoms with Gasteiger partial charge in [-0.3, -0.25) is 24.1 Å². The number of carbonyl (C=O) groups excluding carboxylic acids is 4. The van der Waals surface area contributed by atoms with E-state index in [2.05, 4.69) is 27.6 Å². The van der Waals surface area contributed by atoms with Crippen molar-refractivity contribution in [2.75, 3.05) is 19.8 Å². The van der Waals surface area contributed by atoms with E-state index >= 15 is 0 Å². The normalized spacial score (nSPS) is 19.8. The molecule has 1 aliphatic carbocycles. The number of rotatable bonds is 17. The molecular formula is C36H52N4O6. The van der Waals surface area contributed by atoms with Crippen LogP contribution in [0.15, 0.2) is 40.9 Å². The van der Waals surface area contributed by atoms with Gasteiger partial charge in [0, 0.05) is 36.4 Å². The number of Topliss-reactive ketones (excluding diaryl/α,β-unsaturated/α-hetero) is 2. The quantitative estimate of drug-likeness (QED) is 0.254. The Morgan fingerprint density at radius 3 is 2.30 bits per heavy atom. The molecule has 2 aromatic rings. The van der Waals surface area contributed by atoms with Gasteiger partial charge in [0.25, 0.3) is 5.91 Å². The molecular weight excluding hydrogens is 584 g/mol. The van der Waals surface area contributed by atoms with Crippen molar-refractivity contribution in [2.45, 2.75) is 105 Å². The molecule has 10 heteroatoms. The highest BCUT2D eigenvalue weighted by molar-refractivity contribution is 5.98. The fraction of sp³-hybridized carbons (Fsp3) is 0.639. The van der Waals surface area contributed by atoms with Crippen LogP contribution in [0.1, 0.15) is 95.5 Å². The van der Waals surface area contributed by atoms with Gasteiger partial charge >= 0.3 is 0 Å². The van der Waals surface area contributed by atoms with Crippen LogP contribution >= 0.6 is 0 Å². The van der Waals surface area contributed by atoms with Crippen LogP contribution in [0.4, 0.5) is 0 Å². The summed E-state index contributed by atoms with van der Waals surface area (Å²) < 4.78 is 11.0. The number of aromatic nitrogens is 1. The summed E-state index contributed by atoms with van der Waals surface area (Å²) in [5.41, 5.74) is 0.649. The number of benzene rings is 1. The van der Waals surface area contributed by atoms with Crippen LogP contribution in [0.3, 0.4) is 0 Å². The number of amides is 2. The van der Waals surface area contributed by atoms with Crippen LogP contribution in [-0.4, -0.2) is 71.3 Å². The summed E-state index contributed by atoms with van der Waals surface area (Å²) in [6.45, 7) is 14.6. The second-order valence-corrected chi connectivity index (χ2v) is 14.4. The Balaban J connectivity index is 1.47. The number of ketones is 2. The zero-order chi connectivity index (χ0) is 33.4. The highest BCUT2D eigenvalue weighted by atomic mass is 16.5. The smallest absolute Gasteiger partial charge is 0.274 e. The Kier molecular flexibility index (Phi) is 12.3. The zero-order valence-corrected chi connectivity index (χ0v) is 28.3. The summed E-state index contributed by atoms with van der Waals surface area (Å²) in [6.07, 6.45) is 2.89. The van der Waals surface area contributed by atoms with Crippen LogP contribution in [-0.2, 0) is 32.1 Å². The number of carbonyl (C=O) groups is 4. The topological polar surface area (TPSA) is 131 Å². The van der Waals surface area contributed by atoms with E-state index in [0.29, 0.717) is 44.8 Å². The molecule has 2 aliphatic rings. The molecule has 1 aliphatic heterocycles. The lowest BCUT2D eigenvalue weighted by atomic mass is 9.87. The third kappa shape index (κ3) is 10.1. The Labute approximate surface area is 273 Å². The lowest BCUT2D eigenvalue weighted by molar-refractivity contribution is -0.134. The number of hydrogen-bond acceptors (Lipinski definition) is 8. The molecule has 0 bridgehead atoms. The van der Waals surface area contributed by atoms with E-state index in [4.69, 9.17) is 9.26 Å². The lowest BCUT2D eigenvalue weighted by Gasteiger charge is -2.32. The average Bonchev–Trinajstić information content (AvgIpc) is 3.58. The van der Waals surface area contributed by atoms with Crippen LogP contribution < -0.4 is 10.6 Å². The van der Waals surface area contributed by atoms with Crippen LogP contribution in [0.2, 0.25) is 0 Å². The predicted molar refractivity (Wildman–Crippen MR) is 175 cm³/mol. The summed E-state index contributed by atoms with van der Waals surface area (Å²) >= 11 is 0. The van der Waals surface area contributed by atoms with Gasteiger partial charge in [-0.25, -0.2) is 0 Å². The Morgan fingerprint density at radius 1 is 1.00 bits per heavy atom. The van der Waals surface area contributed by atoms with Crippen LogP contribution in [0.5, 0.6) is 0 Å². The number of morpholine rings is 1. The van der Waals surface area contributed by atoms with Gasteiger partial charge in [-0.2, -0.15) is 0 Å². The minimum absolute atomic E-state index is 0.0688. The lowest BCUT2D eigenvalue weighted by Crippen LogP contribution is -2.48. The molecule has 0 spiro atoms. The van der Waals surface area contributed by atoms with Gasteiger partial charge in [0.15, 0.2) is 23.0 Å². The van der Waals surface area contributed by atoms with Gasteiger partial charge in [-0.05, 0) is 56.4 Å². The number of nitrogens with one attached hydrogen (secondary N) is 2. The maximum absolute atomic E-state index is 13.9.